The first kappa shape index (κ1) is 17.4. The van der Waals surface area contributed by atoms with Gasteiger partial charge in [-0.25, -0.2) is 0 Å². The highest BCUT2D eigenvalue weighted by molar-refractivity contribution is 7.99. The first-order valence-corrected chi connectivity index (χ1v) is 9.41. The van der Waals surface area contributed by atoms with Crippen molar-refractivity contribution in [3.05, 3.63) is 46.7 Å². The lowest BCUT2D eigenvalue weighted by Crippen LogP contribution is -2.27. The number of methoxy groups -OCH3 is 1. The Bertz CT molecular complexity index is 817. The van der Waals surface area contributed by atoms with Crippen molar-refractivity contribution in [2.45, 2.75) is 11.7 Å². The zero-order chi connectivity index (χ0) is 17.6. The van der Waals surface area contributed by atoms with Gasteiger partial charge in [-0.15, -0.1) is 5.10 Å². The van der Waals surface area contributed by atoms with Gasteiger partial charge in [0.15, 0.2) is 0 Å². The molecule has 0 spiro atoms. The van der Waals surface area contributed by atoms with Crippen LogP contribution in [0.15, 0.2) is 46.2 Å². The average molecular weight is 375 g/mol. The van der Waals surface area contributed by atoms with Crippen molar-refractivity contribution in [3.8, 4) is 11.4 Å². The third-order valence-corrected chi connectivity index (χ3v) is 5.14. The van der Waals surface area contributed by atoms with Gasteiger partial charge >= 0.3 is 0 Å². The fourth-order valence-corrected chi connectivity index (χ4v) is 3.63. The number of tetrazole rings is 1. The number of hydrogen-bond acceptors (Lipinski definition) is 7. The van der Waals surface area contributed by atoms with Gasteiger partial charge in [0.2, 0.25) is 11.1 Å². The van der Waals surface area contributed by atoms with Crippen LogP contribution in [0.2, 0.25) is 0 Å². The Labute approximate surface area is 153 Å². The van der Waals surface area contributed by atoms with Crippen LogP contribution in [0.5, 0.6) is 5.75 Å². The van der Waals surface area contributed by atoms with Crippen LogP contribution in [0, 0.1) is 0 Å². The number of aromatic nitrogens is 4. The summed E-state index contributed by atoms with van der Waals surface area (Å²) in [7, 11) is 3.42. The highest BCUT2D eigenvalue weighted by Gasteiger charge is 2.14. The molecule has 1 aromatic carbocycles. The van der Waals surface area contributed by atoms with Crippen molar-refractivity contribution in [1.29, 1.82) is 0 Å². The lowest BCUT2D eigenvalue weighted by Gasteiger charge is -2.16. The second-order valence-electron chi connectivity index (χ2n) is 5.24. The molecule has 130 valence electrons. The number of nitrogens with zero attached hydrogens (tertiary/aromatic N) is 5. The first-order valence-electron chi connectivity index (χ1n) is 7.48. The van der Waals surface area contributed by atoms with E-state index in [0.717, 1.165) is 17.0 Å². The summed E-state index contributed by atoms with van der Waals surface area (Å²) in [4.78, 5) is 14.0. The van der Waals surface area contributed by atoms with Crippen molar-refractivity contribution in [2.75, 3.05) is 19.9 Å². The summed E-state index contributed by atoms with van der Waals surface area (Å²) in [5.74, 6) is 1.06. The minimum Gasteiger partial charge on any atom is -0.497 e. The molecule has 0 aliphatic carbocycles. The number of carbonyl (C=O) groups excluding carboxylic acids is 1. The van der Waals surface area contributed by atoms with Crippen molar-refractivity contribution >= 4 is 29.0 Å². The number of rotatable bonds is 7. The van der Waals surface area contributed by atoms with Gasteiger partial charge in [0.1, 0.15) is 5.75 Å². The van der Waals surface area contributed by atoms with Crippen LogP contribution < -0.4 is 4.74 Å². The predicted octanol–water partition coefficient (Wildman–Crippen LogP) is 2.48. The van der Waals surface area contributed by atoms with Crippen LogP contribution in [0.1, 0.15) is 5.56 Å². The molecule has 0 bridgehead atoms. The number of benzene rings is 1. The fourth-order valence-electron chi connectivity index (χ4n) is 2.14. The molecule has 0 aliphatic heterocycles. The summed E-state index contributed by atoms with van der Waals surface area (Å²) in [5, 5.41) is 16.3. The zero-order valence-electron chi connectivity index (χ0n) is 13.8. The summed E-state index contributed by atoms with van der Waals surface area (Å²) in [6, 6.07) is 9.43. The lowest BCUT2D eigenvalue weighted by molar-refractivity contribution is -0.127. The Morgan fingerprint density at radius 1 is 1.32 bits per heavy atom. The van der Waals surface area contributed by atoms with Crippen LogP contribution in [-0.2, 0) is 11.3 Å². The molecule has 0 saturated carbocycles. The van der Waals surface area contributed by atoms with Gasteiger partial charge in [0, 0.05) is 13.6 Å². The van der Waals surface area contributed by atoms with Crippen molar-refractivity contribution in [3.63, 3.8) is 0 Å². The molecule has 0 atom stereocenters. The Hall–Kier alpha value is -2.39. The molecular weight excluding hydrogens is 358 g/mol. The van der Waals surface area contributed by atoms with Gasteiger partial charge in [-0.3, -0.25) is 4.79 Å². The maximum Gasteiger partial charge on any atom is 0.233 e. The number of ether oxygens (including phenoxy) is 1. The third kappa shape index (κ3) is 4.37. The molecule has 1 amide bonds. The van der Waals surface area contributed by atoms with Crippen LogP contribution >= 0.6 is 23.1 Å². The van der Waals surface area contributed by atoms with Crippen LogP contribution in [-0.4, -0.2) is 50.9 Å². The van der Waals surface area contributed by atoms with E-state index in [9.17, 15) is 4.79 Å². The zero-order valence-corrected chi connectivity index (χ0v) is 15.5. The maximum absolute atomic E-state index is 12.3. The Balaban J connectivity index is 1.61. The van der Waals surface area contributed by atoms with Crippen molar-refractivity contribution in [1.82, 2.24) is 25.1 Å². The largest absolute Gasteiger partial charge is 0.497 e. The minimum absolute atomic E-state index is 0.0282. The van der Waals surface area contributed by atoms with Gasteiger partial charge in [-0.2, -0.15) is 16.0 Å². The Morgan fingerprint density at radius 3 is 2.80 bits per heavy atom. The normalized spacial score (nSPS) is 10.6. The van der Waals surface area contributed by atoms with Crippen LogP contribution in [0.4, 0.5) is 0 Å². The molecule has 2 aromatic heterocycles. The number of thiophene rings is 1. The molecule has 3 rings (SSSR count). The quantitative estimate of drug-likeness (QED) is 0.591. The number of amides is 1. The lowest BCUT2D eigenvalue weighted by atomic mass is 10.3. The van der Waals surface area contributed by atoms with E-state index in [1.165, 1.54) is 11.8 Å². The minimum atomic E-state index is 0.0282. The van der Waals surface area contributed by atoms with E-state index in [1.54, 1.807) is 35.1 Å². The van der Waals surface area contributed by atoms with E-state index in [-0.39, 0.29) is 11.7 Å². The van der Waals surface area contributed by atoms with Gasteiger partial charge < -0.3 is 9.64 Å². The molecule has 0 aliphatic rings. The van der Waals surface area contributed by atoms with E-state index < -0.39 is 0 Å². The molecule has 2 heterocycles. The molecule has 9 heteroatoms. The maximum atomic E-state index is 12.3. The second kappa shape index (κ2) is 8.13. The Morgan fingerprint density at radius 2 is 2.12 bits per heavy atom. The highest BCUT2D eigenvalue weighted by atomic mass is 32.2. The highest BCUT2D eigenvalue weighted by Crippen LogP contribution is 2.20. The van der Waals surface area contributed by atoms with E-state index in [4.69, 9.17) is 4.74 Å². The predicted molar refractivity (Wildman–Crippen MR) is 97.2 cm³/mol. The molecule has 0 fully saturated rings. The summed E-state index contributed by atoms with van der Waals surface area (Å²) in [6.45, 7) is 0.603. The molecule has 0 N–H and O–H groups in total. The molecular formula is C16H17N5O2S2. The Kier molecular flexibility index (Phi) is 5.67. The van der Waals surface area contributed by atoms with Crippen LogP contribution in [0.3, 0.4) is 0 Å². The standard InChI is InChI=1S/C16H17N5O2S2/c1-20(9-12-7-8-24-10-12)15(22)11-25-16-17-18-19-21(16)13-3-5-14(23-2)6-4-13/h3-8,10H,9,11H2,1-2H3. The van der Waals surface area contributed by atoms with E-state index in [0.29, 0.717) is 11.7 Å². The van der Waals surface area contributed by atoms with E-state index in [1.807, 2.05) is 41.1 Å². The van der Waals surface area contributed by atoms with Gasteiger partial charge in [-0.1, -0.05) is 11.8 Å². The number of carbonyl (C=O) groups is 1. The fraction of sp³-hybridized carbons (Fsp3) is 0.250. The number of hydrogen-bond donors (Lipinski definition) is 0. The van der Waals surface area contributed by atoms with Gasteiger partial charge in [0.25, 0.3) is 0 Å². The third-order valence-electron chi connectivity index (χ3n) is 3.51. The van der Waals surface area contributed by atoms with Gasteiger partial charge in [-0.05, 0) is 57.1 Å². The van der Waals surface area contributed by atoms with Crippen LogP contribution in [0.25, 0.3) is 5.69 Å². The van der Waals surface area contributed by atoms with E-state index >= 15 is 0 Å². The summed E-state index contributed by atoms with van der Waals surface area (Å²) < 4.78 is 6.76. The molecule has 3 aromatic rings. The van der Waals surface area contributed by atoms with Crippen molar-refractivity contribution < 1.29 is 9.53 Å². The average Bonchev–Trinajstić information content (AvgIpc) is 3.31. The SMILES string of the molecule is COc1ccc(-n2nnnc2SCC(=O)N(C)Cc2ccsc2)cc1. The number of thioether (sulfide) groups is 1. The molecule has 0 radical (unpaired) electrons. The monoisotopic (exact) mass is 375 g/mol. The first-order chi connectivity index (χ1) is 12.2. The summed E-state index contributed by atoms with van der Waals surface area (Å²) >= 11 is 2.94. The second-order valence-corrected chi connectivity index (χ2v) is 6.96. The molecule has 0 saturated heterocycles. The topological polar surface area (TPSA) is 73.1 Å². The smallest absolute Gasteiger partial charge is 0.233 e. The van der Waals surface area contributed by atoms with Gasteiger partial charge in [0.05, 0.1) is 18.6 Å². The summed E-state index contributed by atoms with van der Waals surface area (Å²) in [5.41, 5.74) is 1.95. The summed E-state index contributed by atoms with van der Waals surface area (Å²) in [6.07, 6.45) is 0. The van der Waals surface area contributed by atoms with Crippen molar-refractivity contribution in [2.24, 2.45) is 0 Å². The van der Waals surface area contributed by atoms with E-state index in [2.05, 4.69) is 15.5 Å². The molecule has 25 heavy (non-hydrogen) atoms. The molecule has 0 unspecified atom stereocenters. The molecule has 7 nitrogen and oxygen atoms in total.